The van der Waals surface area contributed by atoms with Crippen molar-refractivity contribution in [2.75, 3.05) is 44.6 Å². The van der Waals surface area contributed by atoms with E-state index in [-0.39, 0.29) is 5.91 Å². The maximum atomic E-state index is 12.4. The highest BCUT2D eigenvalue weighted by Crippen LogP contribution is 2.32. The predicted octanol–water partition coefficient (Wildman–Crippen LogP) is 3.75. The lowest BCUT2D eigenvalue weighted by Gasteiger charge is -2.21. The summed E-state index contributed by atoms with van der Waals surface area (Å²) >= 11 is 6.17. The molecule has 0 saturated carbocycles. The van der Waals surface area contributed by atoms with Gasteiger partial charge in [0.15, 0.2) is 0 Å². The first-order valence-corrected chi connectivity index (χ1v) is 10.0. The molecule has 0 radical (unpaired) electrons. The number of aryl methyl sites for hydroxylation is 1. The summed E-state index contributed by atoms with van der Waals surface area (Å²) in [6, 6.07) is 7.86. The fourth-order valence-electron chi connectivity index (χ4n) is 4.25. The van der Waals surface area contributed by atoms with Crippen LogP contribution in [0.4, 0.5) is 5.69 Å². The third-order valence-electron chi connectivity index (χ3n) is 5.77. The van der Waals surface area contributed by atoms with Gasteiger partial charge in [-0.15, -0.1) is 0 Å². The van der Waals surface area contributed by atoms with E-state index in [1.54, 1.807) is 12.3 Å². The van der Waals surface area contributed by atoms with Gasteiger partial charge in [0.25, 0.3) is 5.91 Å². The van der Waals surface area contributed by atoms with E-state index >= 15 is 0 Å². The Bertz CT molecular complexity index is 779. The minimum Gasteiger partial charge on any atom is -0.472 e. The van der Waals surface area contributed by atoms with E-state index in [4.69, 9.17) is 16.0 Å². The standard InChI is InChI=1S/C21H26ClN3O2/c1-15-3-4-19(9-20(15)22)23-6-2-7-24-10-17-12-25(13-18(17)11-24)21(26)16-5-8-27-14-16/h3-5,8-9,14,17-18,23H,2,6-7,10-13H2,1H3. The molecule has 1 N–H and O–H groups in total. The van der Waals surface area contributed by atoms with Gasteiger partial charge in [-0.25, -0.2) is 0 Å². The Hall–Kier alpha value is -1.98. The van der Waals surface area contributed by atoms with Crippen molar-refractivity contribution in [3.05, 3.63) is 52.9 Å². The van der Waals surface area contributed by atoms with Gasteiger partial charge in [0.1, 0.15) is 6.26 Å². The summed E-state index contributed by atoms with van der Waals surface area (Å²) in [6.45, 7) is 7.97. The molecule has 1 aromatic heterocycles. The topological polar surface area (TPSA) is 48.7 Å². The van der Waals surface area contributed by atoms with Crippen molar-refractivity contribution >= 4 is 23.2 Å². The third-order valence-corrected chi connectivity index (χ3v) is 6.18. The number of hydrogen-bond acceptors (Lipinski definition) is 4. The maximum absolute atomic E-state index is 12.4. The van der Waals surface area contributed by atoms with Crippen LogP contribution in [-0.4, -0.2) is 55.0 Å². The molecule has 0 aliphatic carbocycles. The molecule has 2 aliphatic rings. The van der Waals surface area contributed by atoms with Crippen LogP contribution < -0.4 is 5.32 Å². The first-order chi connectivity index (χ1) is 13.1. The van der Waals surface area contributed by atoms with Gasteiger partial charge in [0, 0.05) is 43.4 Å². The molecule has 4 rings (SSSR count). The normalized spacial score (nSPS) is 22.2. The zero-order valence-corrected chi connectivity index (χ0v) is 16.4. The van der Waals surface area contributed by atoms with E-state index in [2.05, 4.69) is 16.3 Å². The number of carbonyl (C=O) groups excluding carboxylic acids is 1. The highest BCUT2D eigenvalue weighted by Gasteiger charge is 2.41. The minimum absolute atomic E-state index is 0.102. The van der Waals surface area contributed by atoms with Crippen LogP contribution in [0.15, 0.2) is 41.2 Å². The van der Waals surface area contributed by atoms with Crippen molar-refractivity contribution in [1.82, 2.24) is 9.80 Å². The van der Waals surface area contributed by atoms with Crippen LogP contribution in [0.5, 0.6) is 0 Å². The van der Waals surface area contributed by atoms with E-state index in [0.717, 1.165) is 62.0 Å². The molecule has 2 atom stereocenters. The number of nitrogens with one attached hydrogen (secondary N) is 1. The molecule has 1 aromatic carbocycles. The molecule has 1 amide bonds. The van der Waals surface area contributed by atoms with Crippen molar-refractivity contribution < 1.29 is 9.21 Å². The number of benzene rings is 1. The first-order valence-electron chi connectivity index (χ1n) is 9.64. The quantitative estimate of drug-likeness (QED) is 0.767. The summed E-state index contributed by atoms with van der Waals surface area (Å²) in [4.78, 5) is 17.0. The molecule has 144 valence electrons. The number of halogens is 1. The Morgan fingerprint density at radius 2 is 2.00 bits per heavy atom. The number of rotatable bonds is 6. The molecule has 2 saturated heterocycles. The third kappa shape index (κ3) is 4.14. The number of nitrogens with zero attached hydrogens (tertiary/aromatic N) is 2. The average Bonchev–Trinajstić information content (AvgIpc) is 3.37. The second-order valence-corrected chi connectivity index (χ2v) is 8.15. The number of fused-ring (bicyclic) bond motifs is 1. The number of carbonyl (C=O) groups is 1. The van der Waals surface area contributed by atoms with Gasteiger partial charge in [-0.1, -0.05) is 17.7 Å². The second-order valence-electron chi connectivity index (χ2n) is 7.75. The molecule has 5 nitrogen and oxygen atoms in total. The lowest BCUT2D eigenvalue weighted by molar-refractivity contribution is 0.0773. The van der Waals surface area contributed by atoms with Crippen LogP contribution >= 0.6 is 11.6 Å². The molecule has 0 bridgehead atoms. The van der Waals surface area contributed by atoms with E-state index in [1.807, 2.05) is 24.0 Å². The summed E-state index contributed by atoms with van der Waals surface area (Å²) in [6.07, 6.45) is 4.20. The Labute approximate surface area is 165 Å². The van der Waals surface area contributed by atoms with Crippen LogP contribution in [0, 0.1) is 18.8 Å². The SMILES string of the molecule is Cc1ccc(NCCCN2CC3CN(C(=O)c4ccoc4)CC3C2)cc1Cl. The van der Waals surface area contributed by atoms with Gasteiger partial charge >= 0.3 is 0 Å². The minimum atomic E-state index is 0.102. The largest absolute Gasteiger partial charge is 0.472 e. The molecular weight excluding hydrogens is 362 g/mol. The number of furan rings is 1. The summed E-state index contributed by atoms with van der Waals surface area (Å²) in [5.74, 6) is 1.31. The van der Waals surface area contributed by atoms with Gasteiger partial charge in [0.2, 0.25) is 0 Å². The predicted molar refractivity (Wildman–Crippen MR) is 107 cm³/mol. The van der Waals surface area contributed by atoms with Crippen molar-refractivity contribution in [1.29, 1.82) is 0 Å². The van der Waals surface area contributed by atoms with E-state index in [1.165, 1.54) is 6.26 Å². The summed E-state index contributed by atoms with van der Waals surface area (Å²) in [7, 11) is 0. The molecule has 27 heavy (non-hydrogen) atoms. The van der Waals surface area contributed by atoms with Crippen molar-refractivity contribution in [2.24, 2.45) is 11.8 Å². The van der Waals surface area contributed by atoms with Gasteiger partial charge in [-0.2, -0.15) is 0 Å². The smallest absolute Gasteiger partial charge is 0.257 e. The fourth-order valence-corrected chi connectivity index (χ4v) is 4.43. The molecule has 3 heterocycles. The molecule has 2 unspecified atom stereocenters. The Morgan fingerprint density at radius 3 is 2.67 bits per heavy atom. The Balaban J connectivity index is 1.18. The van der Waals surface area contributed by atoms with Crippen molar-refractivity contribution in [3.8, 4) is 0 Å². The number of amides is 1. The lowest BCUT2D eigenvalue weighted by Crippen LogP contribution is -2.33. The molecule has 6 heteroatoms. The van der Waals surface area contributed by atoms with E-state index in [0.29, 0.717) is 17.4 Å². The summed E-state index contributed by atoms with van der Waals surface area (Å²) in [5, 5.41) is 4.26. The second kappa shape index (κ2) is 7.95. The molecule has 0 spiro atoms. The van der Waals surface area contributed by atoms with Gasteiger partial charge in [-0.05, 0) is 55.5 Å². The molecule has 2 aromatic rings. The van der Waals surface area contributed by atoms with Crippen molar-refractivity contribution in [3.63, 3.8) is 0 Å². The molecule has 2 aliphatic heterocycles. The maximum Gasteiger partial charge on any atom is 0.257 e. The highest BCUT2D eigenvalue weighted by atomic mass is 35.5. The van der Waals surface area contributed by atoms with Crippen molar-refractivity contribution in [2.45, 2.75) is 13.3 Å². The summed E-state index contributed by atoms with van der Waals surface area (Å²) < 4.78 is 5.04. The van der Waals surface area contributed by atoms with Crippen LogP contribution in [0.2, 0.25) is 5.02 Å². The molecule has 2 fully saturated rings. The van der Waals surface area contributed by atoms with E-state index in [9.17, 15) is 4.79 Å². The highest BCUT2D eigenvalue weighted by molar-refractivity contribution is 6.31. The van der Waals surface area contributed by atoms with E-state index < -0.39 is 0 Å². The van der Waals surface area contributed by atoms with Crippen LogP contribution in [0.3, 0.4) is 0 Å². The molecular formula is C21H26ClN3O2. The van der Waals surface area contributed by atoms with Crippen LogP contribution in [-0.2, 0) is 0 Å². The van der Waals surface area contributed by atoms with Gasteiger partial charge in [-0.3, -0.25) is 4.79 Å². The van der Waals surface area contributed by atoms with Crippen LogP contribution in [0.1, 0.15) is 22.3 Å². The Morgan fingerprint density at radius 1 is 1.22 bits per heavy atom. The summed E-state index contributed by atoms with van der Waals surface area (Å²) in [5.41, 5.74) is 2.84. The van der Waals surface area contributed by atoms with Gasteiger partial charge in [0.05, 0.1) is 11.8 Å². The first kappa shape index (κ1) is 18.4. The van der Waals surface area contributed by atoms with Gasteiger partial charge < -0.3 is 19.5 Å². The zero-order chi connectivity index (χ0) is 18.8. The lowest BCUT2D eigenvalue weighted by atomic mass is 10.0. The number of hydrogen-bond donors (Lipinski definition) is 1. The monoisotopic (exact) mass is 387 g/mol. The number of likely N-dealkylation sites (tertiary alicyclic amines) is 2. The Kier molecular flexibility index (Phi) is 5.41. The average molecular weight is 388 g/mol. The zero-order valence-electron chi connectivity index (χ0n) is 15.7. The number of anilines is 1. The van der Waals surface area contributed by atoms with Crippen LogP contribution in [0.25, 0.3) is 0 Å². The fraction of sp³-hybridized carbons (Fsp3) is 0.476.